The van der Waals surface area contributed by atoms with E-state index in [0.29, 0.717) is 24.6 Å². The summed E-state index contributed by atoms with van der Waals surface area (Å²) in [5.74, 6) is 0.686. The van der Waals surface area contributed by atoms with Crippen LogP contribution in [0.1, 0.15) is 29.8 Å². The molecule has 1 aromatic heterocycles. The average Bonchev–Trinajstić information content (AvgIpc) is 3.17. The number of hydrogen-bond acceptors (Lipinski definition) is 2. The molecule has 4 rings (SSSR count). The van der Waals surface area contributed by atoms with E-state index in [-0.39, 0.29) is 12.1 Å². The minimum atomic E-state index is -0.122. The summed E-state index contributed by atoms with van der Waals surface area (Å²) in [6.07, 6.45) is 2.08. The van der Waals surface area contributed by atoms with E-state index in [2.05, 4.69) is 47.3 Å². The molecule has 0 radical (unpaired) electrons. The number of urea groups is 1. The molecule has 1 unspecified atom stereocenters. The number of nitrogens with one attached hydrogen (secondary N) is 1. The Morgan fingerprint density at radius 3 is 2.79 bits per heavy atom. The summed E-state index contributed by atoms with van der Waals surface area (Å²) in [5.41, 5.74) is 4.12. The molecule has 144 valence electrons. The summed E-state index contributed by atoms with van der Waals surface area (Å²) in [4.78, 5) is 15.2. The second-order valence-corrected chi connectivity index (χ2v) is 7.00. The van der Waals surface area contributed by atoms with Gasteiger partial charge in [0.1, 0.15) is 5.75 Å². The van der Waals surface area contributed by atoms with Gasteiger partial charge in [-0.1, -0.05) is 42.0 Å². The summed E-state index contributed by atoms with van der Waals surface area (Å²) >= 11 is 0. The van der Waals surface area contributed by atoms with E-state index in [0.717, 1.165) is 17.8 Å². The minimum Gasteiger partial charge on any atom is -0.492 e. The van der Waals surface area contributed by atoms with Crippen molar-refractivity contribution in [3.8, 4) is 5.75 Å². The van der Waals surface area contributed by atoms with Crippen molar-refractivity contribution in [2.75, 3.05) is 18.5 Å². The number of nitrogens with zero attached hydrogens (tertiary/aromatic N) is 2. The molecule has 3 aromatic rings. The van der Waals surface area contributed by atoms with E-state index in [1.807, 2.05) is 48.2 Å². The van der Waals surface area contributed by atoms with Crippen LogP contribution in [-0.2, 0) is 6.54 Å². The zero-order chi connectivity index (χ0) is 19.5. The van der Waals surface area contributed by atoms with Crippen LogP contribution >= 0.6 is 0 Å². The van der Waals surface area contributed by atoms with Crippen molar-refractivity contribution < 1.29 is 9.53 Å². The summed E-state index contributed by atoms with van der Waals surface area (Å²) in [7, 11) is 0. The molecule has 1 aliphatic rings. The fourth-order valence-electron chi connectivity index (χ4n) is 3.83. The van der Waals surface area contributed by atoms with Crippen molar-refractivity contribution in [1.82, 2.24) is 9.47 Å². The van der Waals surface area contributed by atoms with Crippen LogP contribution < -0.4 is 10.1 Å². The van der Waals surface area contributed by atoms with Crippen LogP contribution in [0, 0.1) is 6.92 Å². The third kappa shape index (κ3) is 3.48. The Kier molecular flexibility index (Phi) is 5.06. The Labute approximate surface area is 165 Å². The molecule has 0 aliphatic carbocycles. The summed E-state index contributed by atoms with van der Waals surface area (Å²) in [6.45, 7) is 5.99. The van der Waals surface area contributed by atoms with Gasteiger partial charge in [0.15, 0.2) is 0 Å². The summed E-state index contributed by atoms with van der Waals surface area (Å²) < 4.78 is 7.89. The lowest BCUT2D eigenvalue weighted by atomic mass is 9.98. The third-order valence-corrected chi connectivity index (χ3v) is 5.09. The van der Waals surface area contributed by atoms with Crippen LogP contribution in [0.15, 0.2) is 66.9 Å². The molecular weight excluding hydrogens is 350 g/mol. The molecule has 28 heavy (non-hydrogen) atoms. The standard InChI is InChI=1S/C23H25N3O2/c1-3-28-21-12-5-4-10-19(21)24-23(27)26-15-14-25-13-7-11-20(25)22(26)18-9-6-8-17(2)16-18/h4-13,16,22H,3,14-15H2,1-2H3,(H,24,27). The highest BCUT2D eigenvalue weighted by atomic mass is 16.5. The number of rotatable bonds is 4. The monoisotopic (exact) mass is 375 g/mol. The predicted octanol–water partition coefficient (Wildman–Crippen LogP) is 4.83. The van der Waals surface area contributed by atoms with Gasteiger partial charge >= 0.3 is 6.03 Å². The summed E-state index contributed by atoms with van der Waals surface area (Å²) in [6, 6.07) is 19.8. The number of aryl methyl sites for hydroxylation is 1. The number of benzene rings is 2. The minimum absolute atomic E-state index is 0.119. The number of anilines is 1. The van der Waals surface area contributed by atoms with Crippen LogP contribution in [0.5, 0.6) is 5.75 Å². The Morgan fingerprint density at radius 2 is 1.96 bits per heavy atom. The van der Waals surface area contributed by atoms with Gasteiger partial charge < -0.3 is 19.5 Å². The largest absolute Gasteiger partial charge is 0.492 e. The Hall–Kier alpha value is -3.21. The first-order valence-corrected chi connectivity index (χ1v) is 9.68. The first kappa shape index (κ1) is 18.2. The molecule has 0 saturated heterocycles. The highest BCUT2D eigenvalue weighted by molar-refractivity contribution is 5.91. The fraction of sp³-hybridized carbons (Fsp3) is 0.261. The van der Waals surface area contributed by atoms with Crippen molar-refractivity contribution in [3.05, 3.63) is 83.7 Å². The van der Waals surface area contributed by atoms with Crippen molar-refractivity contribution in [2.45, 2.75) is 26.4 Å². The fourth-order valence-corrected chi connectivity index (χ4v) is 3.83. The smallest absolute Gasteiger partial charge is 0.322 e. The lowest BCUT2D eigenvalue weighted by Crippen LogP contribution is -2.44. The van der Waals surface area contributed by atoms with Gasteiger partial charge in [-0.2, -0.15) is 0 Å². The molecule has 1 N–H and O–H groups in total. The van der Waals surface area contributed by atoms with Gasteiger partial charge in [-0.3, -0.25) is 0 Å². The molecule has 5 nitrogen and oxygen atoms in total. The number of para-hydroxylation sites is 2. The van der Waals surface area contributed by atoms with Gasteiger partial charge in [0.05, 0.1) is 18.3 Å². The average molecular weight is 375 g/mol. The van der Waals surface area contributed by atoms with Crippen LogP contribution in [0.25, 0.3) is 0 Å². The van der Waals surface area contributed by atoms with Gasteiger partial charge in [-0.15, -0.1) is 0 Å². The highest BCUT2D eigenvalue weighted by Crippen LogP contribution is 2.34. The molecule has 0 saturated carbocycles. The van der Waals surface area contributed by atoms with Gasteiger partial charge in [-0.25, -0.2) is 4.79 Å². The number of ether oxygens (including phenoxy) is 1. The van der Waals surface area contributed by atoms with E-state index in [1.165, 1.54) is 5.56 Å². The maximum Gasteiger partial charge on any atom is 0.322 e. The number of hydrogen-bond donors (Lipinski definition) is 1. The lowest BCUT2D eigenvalue weighted by Gasteiger charge is -2.37. The predicted molar refractivity (Wildman–Crippen MR) is 111 cm³/mol. The van der Waals surface area contributed by atoms with E-state index in [9.17, 15) is 4.79 Å². The molecule has 2 aromatic carbocycles. The molecule has 1 atom stereocenters. The maximum atomic E-state index is 13.3. The molecular formula is C23H25N3O2. The Balaban J connectivity index is 1.67. The van der Waals surface area contributed by atoms with Gasteiger partial charge in [0.25, 0.3) is 0 Å². The topological polar surface area (TPSA) is 46.5 Å². The lowest BCUT2D eigenvalue weighted by molar-refractivity contribution is 0.181. The quantitative estimate of drug-likeness (QED) is 0.710. The molecule has 2 heterocycles. The Bertz CT molecular complexity index is 979. The number of amides is 2. The number of carbonyl (C=O) groups excluding carboxylic acids is 1. The maximum absolute atomic E-state index is 13.3. The molecule has 2 amide bonds. The second kappa shape index (κ2) is 7.80. The van der Waals surface area contributed by atoms with Crippen LogP contribution in [-0.4, -0.2) is 28.6 Å². The first-order chi connectivity index (χ1) is 13.7. The number of fused-ring (bicyclic) bond motifs is 1. The molecule has 0 spiro atoms. The number of carbonyl (C=O) groups is 1. The van der Waals surface area contributed by atoms with Crippen LogP contribution in [0.2, 0.25) is 0 Å². The third-order valence-electron chi connectivity index (χ3n) is 5.09. The normalized spacial score (nSPS) is 15.8. The van der Waals surface area contributed by atoms with E-state index >= 15 is 0 Å². The summed E-state index contributed by atoms with van der Waals surface area (Å²) in [5, 5.41) is 3.06. The van der Waals surface area contributed by atoms with Crippen molar-refractivity contribution in [1.29, 1.82) is 0 Å². The van der Waals surface area contributed by atoms with Gasteiger partial charge in [-0.05, 0) is 43.7 Å². The molecule has 5 heteroatoms. The zero-order valence-corrected chi connectivity index (χ0v) is 16.3. The number of aromatic nitrogens is 1. The molecule has 0 bridgehead atoms. The second-order valence-electron chi connectivity index (χ2n) is 7.00. The van der Waals surface area contributed by atoms with Crippen molar-refractivity contribution in [2.24, 2.45) is 0 Å². The van der Waals surface area contributed by atoms with E-state index in [1.54, 1.807) is 0 Å². The van der Waals surface area contributed by atoms with Crippen molar-refractivity contribution in [3.63, 3.8) is 0 Å². The van der Waals surface area contributed by atoms with Crippen LogP contribution in [0.3, 0.4) is 0 Å². The SMILES string of the molecule is CCOc1ccccc1NC(=O)N1CCn2cccc2C1c1cccc(C)c1. The first-order valence-electron chi connectivity index (χ1n) is 9.68. The van der Waals surface area contributed by atoms with Crippen molar-refractivity contribution >= 4 is 11.7 Å². The van der Waals surface area contributed by atoms with E-state index < -0.39 is 0 Å². The molecule has 1 aliphatic heterocycles. The molecule has 0 fully saturated rings. The van der Waals surface area contributed by atoms with Gasteiger partial charge in [0, 0.05) is 25.0 Å². The Morgan fingerprint density at radius 1 is 1.11 bits per heavy atom. The van der Waals surface area contributed by atoms with Crippen LogP contribution in [0.4, 0.5) is 10.5 Å². The zero-order valence-electron chi connectivity index (χ0n) is 16.3. The highest BCUT2D eigenvalue weighted by Gasteiger charge is 2.32. The van der Waals surface area contributed by atoms with Gasteiger partial charge in [0.2, 0.25) is 0 Å². The van der Waals surface area contributed by atoms with E-state index in [4.69, 9.17) is 4.74 Å².